The van der Waals surface area contributed by atoms with Crippen LogP contribution in [0.2, 0.25) is 5.02 Å². The van der Waals surface area contributed by atoms with Crippen LogP contribution in [0.5, 0.6) is 0 Å². The van der Waals surface area contributed by atoms with E-state index >= 15 is 0 Å². The van der Waals surface area contributed by atoms with E-state index in [-0.39, 0.29) is 12.2 Å². The molecule has 0 aliphatic carbocycles. The molecule has 4 nitrogen and oxygen atoms in total. The summed E-state index contributed by atoms with van der Waals surface area (Å²) in [6.45, 7) is 1.83. The lowest BCUT2D eigenvalue weighted by molar-refractivity contribution is -0.137. The molecule has 1 heterocycles. The molecule has 0 radical (unpaired) electrons. The third-order valence-electron chi connectivity index (χ3n) is 2.35. The van der Waals surface area contributed by atoms with Gasteiger partial charge >= 0.3 is 5.97 Å². The molecule has 0 fully saturated rings. The van der Waals surface area contributed by atoms with Crippen molar-refractivity contribution >= 4 is 34.3 Å². The van der Waals surface area contributed by atoms with Crippen LogP contribution < -0.4 is 0 Å². The standard InChI is InChI=1S/C12H10ClNO3/c1-2-17-12(16)11(15)7-3-4-8-9(13)6-14-10(8)5-7/h3-6,14H,2H2,1H3. The Morgan fingerprint density at radius 3 is 2.88 bits per heavy atom. The van der Waals surface area contributed by atoms with Crippen molar-refractivity contribution in [1.29, 1.82) is 0 Å². The SMILES string of the molecule is CCOC(=O)C(=O)c1ccc2c(Cl)c[nH]c2c1. The Kier molecular flexibility index (Phi) is 3.15. The first-order valence-corrected chi connectivity index (χ1v) is 5.49. The molecule has 1 N–H and O–H groups in total. The minimum Gasteiger partial charge on any atom is -0.460 e. The van der Waals surface area contributed by atoms with Gasteiger partial charge in [0, 0.05) is 22.7 Å². The summed E-state index contributed by atoms with van der Waals surface area (Å²) in [6.07, 6.45) is 1.63. The second kappa shape index (κ2) is 4.59. The maximum atomic E-state index is 11.7. The third kappa shape index (κ3) is 2.17. The van der Waals surface area contributed by atoms with Gasteiger partial charge < -0.3 is 9.72 Å². The lowest BCUT2D eigenvalue weighted by Crippen LogP contribution is -2.17. The number of benzene rings is 1. The molecule has 0 atom stereocenters. The van der Waals surface area contributed by atoms with E-state index in [0.29, 0.717) is 10.5 Å². The number of ketones is 1. The first-order chi connectivity index (χ1) is 8.13. The molecule has 0 saturated carbocycles. The van der Waals surface area contributed by atoms with Crippen LogP contribution >= 0.6 is 11.6 Å². The number of hydrogen-bond acceptors (Lipinski definition) is 3. The van der Waals surface area contributed by atoms with E-state index in [1.54, 1.807) is 31.3 Å². The van der Waals surface area contributed by atoms with Crippen molar-refractivity contribution in [2.24, 2.45) is 0 Å². The summed E-state index contributed by atoms with van der Waals surface area (Å²) in [6, 6.07) is 4.84. The monoisotopic (exact) mass is 251 g/mol. The highest BCUT2D eigenvalue weighted by atomic mass is 35.5. The minimum absolute atomic E-state index is 0.182. The number of fused-ring (bicyclic) bond motifs is 1. The molecule has 0 unspecified atom stereocenters. The molecular weight excluding hydrogens is 242 g/mol. The van der Waals surface area contributed by atoms with Crippen LogP contribution in [-0.2, 0) is 9.53 Å². The molecule has 0 spiro atoms. The fourth-order valence-corrected chi connectivity index (χ4v) is 1.77. The van der Waals surface area contributed by atoms with E-state index in [1.165, 1.54) is 0 Å². The average molecular weight is 252 g/mol. The van der Waals surface area contributed by atoms with E-state index in [9.17, 15) is 9.59 Å². The molecule has 1 aromatic heterocycles. The summed E-state index contributed by atoms with van der Waals surface area (Å²) in [5.41, 5.74) is 1.000. The highest BCUT2D eigenvalue weighted by Gasteiger charge is 2.18. The Labute approximate surface area is 103 Å². The number of ether oxygens (including phenoxy) is 1. The zero-order valence-corrected chi connectivity index (χ0v) is 9.88. The number of hydrogen-bond donors (Lipinski definition) is 1. The number of H-pyrrole nitrogens is 1. The van der Waals surface area contributed by atoms with Gasteiger partial charge in [0.2, 0.25) is 0 Å². The molecule has 0 aliphatic rings. The van der Waals surface area contributed by atoms with Crippen LogP contribution in [0.3, 0.4) is 0 Å². The van der Waals surface area contributed by atoms with Gasteiger partial charge in [-0.05, 0) is 19.1 Å². The first-order valence-electron chi connectivity index (χ1n) is 5.11. The predicted molar refractivity (Wildman–Crippen MR) is 64.3 cm³/mol. The molecular formula is C12H10ClNO3. The highest BCUT2D eigenvalue weighted by molar-refractivity contribution is 6.41. The van der Waals surface area contributed by atoms with Crippen molar-refractivity contribution in [1.82, 2.24) is 4.98 Å². The fraction of sp³-hybridized carbons (Fsp3) is 0.167. The molecule has 0 bridgehead atoms. The van der Waals surface area contributed by atoms with E-state index in [2.05, 4.69) is 9.72 Å². The number of carbonyl (C=O) groups is 2. The number of nitrogens with one attached hydrogen (secondary N) is 1. The normalized spacial score (nSPS) is 10.5. The third-order valence-corrected chi connectivity index (χ3v) is 2.67. The van der Waals surface area contributed by atoms with Crippen molar-refractivity contribution < 1.29 is 14.3 Å². The van der Waals surface area contributed by atoms with Crippen molar-refractivity contribution in [3.8, 4) is 0 Å². The van der Waals surface area contributed by atoms with Gasteiger partial charge in [-0.15, -0.1) is 0 Å². The number of esters is 1. The lowest BCUT2D eigenvalue weighted by atomic mass is 10.1. The van der Waals surface area contributed by atoms with Crippen LogP contribution in [0.25, 0.3) is 10.9 Å². The molecule has 1 aromatic carbocycles. The second-order valence-electron chi connectivity index (χ2n) is 3.45. The Balaban J connectivity index is 2.36. The van der Waals surface area contributed by atoms with Gasteiger partial charge in [-0.3, -0.25) is 4.79 Å². The molecule has 88 valence electrons. The summed E-state index contributed by atoms with van der Waals surface area (Å²) in [5, 5.41) is 1.39. The van der Waals surface area contributed by atoms with E-state index in [4.69, 9.17) is 11.6 Å². The van der Waals surface area contributed by atoms with Crippen LogP contribution in [0.15, 0.2) is 24.4 Å². The fourth-order valence-electron chi connectivity index (χ4n) is 1.55. The minimum atomic E-state index is -0.843. The van der Waals surface area contributed by atoms with E-state index in [0.717, 1.165) is 5.39 Å². The van der Waals surface area contributed by atoms with Crippen LogP contribution in [0, 0.1) is 0 Å². The molecule has 0 amide bonds. The zero-order chi connectivity index (χ0) is 12.4. The number of rotatable bonds is 3. The van der Waals surface area contributed by atoms with E-state index < -0.39 is 11.8 Å². The van der Waals surface area contributed by atoms with Crippen molar-refractivity contribution in [2.75, 3.05) is 6.61 Å². The van der Waals surface area contributed by atoms with Gasteiger partial charge in [0.15, 0.2) is 0 Å². The van der Waals surface area contributed by atoms with Gasteiger partial charge in [0.25, 0.3) is 5.78 Å². The van der Waals surface area contributed by atoms with Crippen molar-refractivity contribution in [3.63, 3.8) is 0 Å². The predicted octanol–water partition coefficient (Wildman–Crippen LogP) is 2.57. The van der Waals surface area contributed by atoms with Crippen LogP contribution in [-0.4, -0.2) is 23.3 Å². The average Bonchev–Trinajstić information content (AvgIpc) is 2.70. The smallest absolute Gasteiger partial charge is 0.379 e. The largest absolute Gasteiger partial charge is 0.460 e. The highest BCUT2D eigenvalue weighted by Crippen LogP contribution is 2.23. The lowest BCUT2D eigenvalue weighted by Gasteiger charge is -2.01. The van der Waals surface area contributed by atoms with E-state index in [1.807, 2.05) is 0 Å². The first kappa shape index (κ1) is 11.7. The number of carbonyl (C=O) groups excluding carboxylic acids is 2. The second-order valence-corrected chi connectivity index (χ2v) is 3.85. The Hall–Kier alpha value is -1.81. The number of halogens is 1. The molecule has 2 aromatic rings. The van der Waals surface area contributed by atoms with Gasteiger partial charge in [-0.1, -0.05) is 17.7 Å². The Morgan fingerprint density at radius 1 is 1.41 bits per heavy atom. The quantitative estimate of drug-likeness (QED) is 0.518. The van der Waals surface area contributed by atoms with Gasteiger partial charge in [-0.2, -0.15) is 0 Å². The number of Topliss-reactive ketones (excluding diaryl/α,β-unsaturated/α-hetero) is 1. The Morgan fingerprint density at radius 2 is 2.18 bits per heavy atom. The maximum absolute atomic E-state index is 11.7. The summed E-state index contributed by atoms with van der Waals surface area (Å²) < 4.78 is 4.65. The maximum Gasteiger partial charge on any atom is 0.379 e. The molecule has 17 heavy (non-hydrogen) atoms. The Bertz CT molecular complexity index is 588. The summed E-state index contributed by atoms with van der Waals surface area (Å²) >= 11 is 5.91. The molecule has 0 aliphatic heterocycles. The van der Waals surface area contributed by atoms with Gasteiger partial charge in [0.1, 0.15) is 0 Å². The molecule has 2 rings (SSSR count). The van der Waals surface area contributed by atoms with Crippen LogP contribution in [0.4, 0.5) is 0 Å². The molecule has 0 saturated heterocycles. The zero-order valence-electron chi connectivity index (χ0n) is 9.12. The van der Waals surface area contributed by atoms with Gasteiger partial charge in [0.05, 0.1) is 11.6 Å². The summed E-state index contributed by atoms with van der Waals surface area (Å²) in [4.78, 5) is 25.9. The van der Waals surface area contributed by atoms with Crippen molar-refractivity contribution in [2.45, 2.75) is 6.92 Å². The number of aromatic nitrogens is 1. The number of aromatic amines is 1. The molecule has 5 heteroatoms. The summed E-state index contributed by atoms with van der Waals surface area (Å²) in [5.74, 6) is -1.50. The van der Waals surface area contributed by atoms with Gasteiger partial charge in [-0.25, -0.2) is 4.79 Å². The summed E-state index contributed by atoms with van der Waals surface area (Å²) in [7, 11) is 0. The van der Waals surface area contributed by atoms with Crippen LogP contribution in [0.1, 0.15) is 17.3 Å². The van der Waals surface area contributed by atoms with Crippen molar-refractivity contribution in [3.05, 3.63) is 35.0 Å². The topological polar surface area (TPSA) is 59.2 Å².